The highest BCUT2D eigenvalue weighted by molar-refractivity contribution is 5.89. The predicted molar refractivity (Wildman–Crippen MR) is 115 cm³/mol. The maximum Gasteiger partial charge on any atom is 0.319 e. The average Bonchev–Trinajstić information content (AvgIpc) is 3.19. The molecule has 0 atom stereocenters. The number of hydrogen-bond donors (Lipinski definition) is 3. The molecule has 0 aliphatic carbocycles. The molecule has 8 heteroatoms. The van der Waals surface area contributed by atoms with Gasteiger partial charge < -0.3 is 20.5 Å². The van der Waals surface area contributed by atoms with E-state index in [9.17, 15) is 18.8 Å². The summed E-state index contributed by atoms with van der Waals surface area (Å²) >= 11 is 0. The lowest BCUT2D eigenvalue weighted by molar-refractivity contribution is -0.131. The van der Waals surface area contributed by atoms with Crippen LogP contribution in [0.2, 0.25) is 0 Å². The number of halogens is 1. The van der Waals surface area contributed by atoms with Gasteiger partial charge in [-0.05, 0) is 40.5 Å². The van der Waals surface area contributed by atoms with Gasteiger partial charge in [0.25, 0.3) is 5.56 Å². The van der Waals surface area contributed by atoms with E-state index in [1.807, 2.05) is 24.3 Å². The van der Waals surface area contributed by atoms with E-state index in [1.54, 1.807) is 23.2 Å². The Kier molecular flexibility index (Phi) is 5.53. The summed E-state index contributed by atoms with van der Waals surface area (Å²) in [6.07, 6.45) is 1.76. The van der Waals surface area contributed by atoms with Gasteiger partial charge in [-0.15, -0.1) is 0 Å². The molecule has 0 saturated heterocycles. The molecule has 0 radical (unpaired) electrons. The molecule has 158 valence electrons. The number of anilines is 1. The fraction of sp³-hybridized carbons (Fsp3) is 0.174. The van der Waals surface area contributed by atoms with E-state index in [-0.39, 0.29) is 23.8 Å². The van der Waals surface area contributed by atoms with Crippen LogP contribution in [0.15, 0.2) is 59.5 Å². The first kappa shape index (κ1) is 20.3. The third-order valence-electron chi connectivity index (χ3n) is 5.24. The second-order valence-electron chi connectivity index (χ2n) is 7.38. The smallest absolute Gasteiger partial charge is 0.319 e. The van der Waals surface area contributed by atoms with Crippen molar-refractivity contribution in [2.45, 2.75) is 19.5 Å². The normalized spacial score (nSPS) is 12.4. The maximum atomic E-state index is 13.4. The molecule has 1 aromatic heterocycles. The second-order valence-corrected chi connectivity index (χ2v) is 7.38. The molecule has 31 heavy (non-hydrogen) atoms. The Balaban J connectivity index is 1.50. The third kappa shape index (κ3) is 4.48. The Morgan fingerprint density at radius 3 is 2.68 bits per heavy atom. The van der Waals surface area contributed by atoms with Gasteiger partial charge in [0, 0.05) is 31.9 Å². The van der Waals surface area contributed by atoms with Crippen LogP contribution in [0.1, 0.15) is 16.7 Å². The van der Waals surface area contributed by atoms with Gasteiger partial charge in [-0.3, -0.25) is 9.59 Å². The largest absolute Gasteiger partial charge is 0.341 e. The van der Waals surface area contributed by atoms with Crippen LogP contribution >= 0.6 is 0 Å². The van der Waals surface area contributed by atoms with E-state index < -0.39 is 11.6 Å². The average molecular weight is 420 g/mol. The Bertz CT molecular complexity index is 1220. The van der Waals surface area contributed by atoms with Gasteiger partial charge in [0.05, 0.1) is 6.42 Å². The molecule has 3 N–H and O–H groups in total. The summed E-state index contributed by atoms with van der Waals surface area (Å²) in [6.45, 7) is 0.878. The minimum Gasteiger partial charge on any atom is -0.341 e. The lowest BCUT2D eigenvalue weighted by Gasteiger charge is -2.16. The summed E-state index contributed by atoms with van der Waals surface area (Å²) in [5.74, 6) is -0.343. The fourth-order valence-corrected chi connectivity index (χ4v) is 3.61. The number of amides is 3. The minimum absolute atomic E-state index is 0.0443. The first-order valence-corrected chi connectivity index (χ1v) is 9.79. The van der Waals surface area contributed by atoms with E-state index in [4.69, 9.17) is 0 Å². The topological polar surface area (TPSA) is 94.3 Å². The number of nitrogens with zero attached hydrogens (tertiary/aromatic N) is 1. The van der Waals surface area contributed by atoms with E-state index in [2.05, 4.69) is 15.6 Å². The molecule has 1 aliphatic heterocycles. The van der Waals surface area contributed by atoms with Crippen molar-refractivity contribution in [1.82, 2.24) is 15.2 Å². The van der Waals surface area contributed by atoms with Gasteiger partial charge in [-0.25, -0.2) is 9.18 Å². The number of hydrogen-bond acceptors (Lipinski definition) is 3. The zero-order chi connectivity index (χ0) is 22.0. The minimum atomic E-state index is -0.492. The predicted octanol–water partition coefficient (Wildman–Crippen LogP) is 3.02. The van der Waals surface area contributed by atoms with E-state index in [0.29, 0.717) is 18.7 Å². The molecule has 3 aromatic rings. The molecule has 4 rings (SSSR count). The monoisotopic (exact) mass is 420 g/mol. The molecule has 0 fully saturated rings. The summed E-state index contributed by atoms with van der Waals surface area (Å²) in [4.78, 5) is 40.6. The SMILES string of the molecule is CNC(=O)Nc1cc(-c2cccc(CC(=O)N3Cc4ccc(F)cc4C3)c2)c[nH]c1=O. The zero-order valence-corrected chi connectivity index (χ0v) is 16.9. The van der Waals surface area contributed by atoms with Crippen molar-refractivity contribution in [2.75, 3.05) is 12.4 Å². The summed E-state index contributed by atoms with van der Waals surface area (Å²) in [5.41, 5.74) is 3.83. The van der Waals surface area contributed by atoms with Gasteiger partial charge in [0.15, 0.2) is 0 Å². The standard InChI is InChI=1S/C23H21FN4O3/c1-25-23(31)27-20-10-17(11-26-22(20)30)15-4-2-3-14(7-15)8-21(29)28-12-16-5-6-19(24)9-18(16)13-28/h2-7,9-11H,8,12-13H2,1H3,(H,26,30)(H2,25,27,31). The number of aromatic nitrogens is 1. The molecule has 2 heterocycles. The highest BCUT2D eigenvalue weighted by atomic mass is 19.1. The fourth-order valence-electron chi connectivity index (χ4n) is 3.61. The molecule has 0 unspecified atom stereocenters. The molecule has 0 spiro atoms. The number of nitrogens with one attached hydrogen (secondary N) is 3. The Morgan fingerprint density at radius 1 is 1.06 bits per heavy atom. The molecular weight excluding hydrogens is 399 g/mol. The molecular formula is C23H21FN4O3. The Labute approximate surface area is 177 Å². The number of carbonyl (C=O) groups excluding carboxylic acids is 2. The van der Waals surface area contributed by atoms with Crippen LogP contribution in [0.5, 0.6) is 0 Å². The number of rotatable bonds is 4. The van der Waals surface area contributed by atoms with Crippen LogP contribution in [0.4, 0.5) is 14.9 Å². The maximum absolute atomic E-state index is 13.4. The quantitative estimate of drug-likeness (QED) is 0.606. The Hall–Kier alpha value is -3.94. The molecule has 7 nitrogen and oxygen atoms in total. The zero-order valence-electron chi connectivity index (χ0n) is 16.9. The molecule has 2 aromatic carbocycles. The summed E-state index contributed by atoms with van der Waals surface area (Å²) in [6, 6.07) is 13.1. The van der Waals surface area contributed by atoms with Crippen molar-refractivity contribution in [3.63, 3.8) is 0 Å². The summed E-state index contributed by atoms with van der Waals surface area (Å²) in [5, 5.41) is 4.89. The van der Waals surface area contributed by atoms with E-state index in [0.717, 1.165) is 22.3 Å². The number of pyridine rings is 1. The number of fused-ring (bicyclic) bond motifs is 1. The number of H-pyrrole nitrogens is 1. The number of aromatic amines is 1. The number of urea groups is 1. The summed E-state index contributed by atoms with van der Waals surface area (Å²) in [7, 11) is 1.46. The lowest BCUT2D eigenvalue weighted by atomic mass is 10.0. The van der Waals surface area contributed by atoms with Gasteiger partial charge in [-0.2, -0.15) is 0 Å². The van der Waals surface area contributed by atoms with Crippen LogP contribution in [-0.4, -0.2) is 28.9 Å². The summed E-state index contributed by atoms with van der Waals surface area (Å²) < 4.78 is 13.4. The lowest BCUT2D eigenvalue weighted by Crippen LogP contribution is -2.27. The second kappa shape index (κ2) is 8.43. The van der Waals surface area contributed by atoms with Crippen LogP contribution in [0.3, 0.4) is 0 Å². The van der Waals surface area contributed by atoms with Crippen molar-refractivity contribution in [1.29, 1.82) is 0 Å². The van der Waals surface area contributed by atoms with Crippen LogP contribution < -0.4 is 16.2 Å². The highest BCUT2D eigenvalue weighted by Gasteiger charge is 2.23. The molecule has 1 aliphatic rings. The van der Waals surface area contributed by atoms with Crippen molar-refractivity contribution in [2.24, 2.45) is 0 Å². The van der Waals surface area contributed by atoms with Crippen LogP contribution in [0, 0.1) is 5.82 Å². The highest BCUT2D eigenvalue weighted by Crippen LogP contribution is 2.25. The molecule has 3 amide bonds. The molecule has 0 saturated carbocycles. The van der Waals surface area contributed by atoms with Crippen molar-refractivity contribution >= 4 is 17.6 Å². The van der Waals surface area contributed by atoms with E-state index in [1.165, 1.54) is 19.2 Å². The van der Waals surface area contributed by atoms with Crippen molar-refractivity contribution in [3.8, 4) is 11.1 Å². The third-order valence-corrected chi connectivity index (χ3v) is 5.24. The van der Waals surface area contributed by atoms with Gasteiger partial charge in [0.1, 0.15) is 11.5 Å². The first-order valence-electron chi connectivity index (χ1n) is 9.79. The van der Waals surface area contributed by atoms with Crippen LogP contribution in [0.25, 0.3) is 11.1 Å². The van der Waals surface area contributed by atoms with Crippen molar-refractivity contribution in [3.05, 3.63) is 87.6 Å². The van der Waals surface area contributed by atoms with Gasteiger partial charge in [0.2, 0.25) is 5.91 Å². The van der Waals surface area contributed by atoms with Crippen molar-refractivity contribution < 1.29 is 14.0 Å². The van der Waals surface area contributed by atoms with Crippen LogP contribution in [-0.2, 0) is 24.3 Å². The number of benzene rings is 2. The van der Waals surface area contributed by atoms with Gasteiger partial charge in [-0.1, -0.05) is 30.3 Å². The number of carbonyl (C=O) groups is 2. The first-order chi connectivity index (χ1) is 14.9. The van der Waals surface area contributed by atoms with E-state index >= 15 is 0 Å². The molecule has 0 bridgehead atoms. The van der Waals surface area contributed by atoms with Gasteiger partial charge >= 0.3 is 6.03 Å². The Morgan fingerprint density at radius 2 is 1.87 bits per heavy atom.